The van der Waals surface area contributed by atoms with Gasteiger partial charge in [0.25, 0.3) is 0 Å². The Balaban J connectivity index is 1.98. The Kier molecular flexibility index (Phi) is 3.97. The zero-order valence-electron chi connectivity index (χ0n) is 12.0. The molecular weight excluding hydrogens is 265 g/mol. The lowest BCUT2D eigenvalue weighted by atomic mass is 10.2. The number of benzene rings is 2. The molecule has 4 heteroatoms. The summed E-state index contributed by atoms with van der Waals surface area (Å²) < 4.78 is 15.8. The van der Waals surface area contributed by atoms with Crippen molar-refractivity contribution < 1.29 is 4.39 Å². The number of imidazole rings is 1. The predicted molar refractivity (Wildman–Crippen MR) is 83.0 cm³/mol. The molecule has 0 aliphatic rings. The van der Waals surface area contributed by atoms with Gasteiger partial charge in [-0.25, -0.2) is 9.37 Å². The SMILES string of the molecule is CCCNCc1cc(F)cc(-n2cnc3ccccc32)c1. The van der Waals surface area contributed by atoms with E-state index < -0.39 is 0 Å². The van der Waals surface area contributed by atoms with Crippen molar-refractivity contribution in [3.8, 4) is 5.69 Å². The molecular formula is C17H18FN3. The van der Waals surface area contributed by atoms with Crippen molar-refractivity contribution in [3.05, 3.63) is 60.2 Å². The molecule has 0 aliphatic heterocycles. The van der Waals surface area contributed by atoms with Gasteiger partial charge in [0, 0.05) is 6.54 Å². The normalized spacial score (nSPS) is 11.1. The van der Waals surface area contributed by atoms with Crippen LogP contribution in [0.15, 0.2) is 48.8 Å². The molecule has 0 aliphatic carbocycles. The fraction of sp³-hybridized carbons (Fsp3) is 0.235. The summed E-state index contributed by atoms with van der Waals surface area (Å²) in [6.45, 7) is 3.71. The van der Waals surface area contributed by atoms with Crippen LogP contribution in [0, 0.1) is 5.82 Å². The smallest absolute Gasteiger partial charge is 0.125 e. The predicted octanol–water partition coefficient (Wildman–Crippen LogP) is 3.66. The fourth-order valence-corrected chi connectivity index (χ4v) is 2.45. The van der Waals surface area contributed by atoms with E-state index in [1.807, 2.05) is 34.9 Å². The highest BCUT2D eigenvalue weighted by Gasteiger charge is 2.07. The minimum Gasteiger partial charge on any atom is -0.313 e. The van der Waals surface area contributed by atoms with Crippen LogP contribution < -0.4 is 5.32 Å². The van der Waals surface area contributed by atoms with Crippen LogP contribution in [-0.4, -0.2) is 16.1 Å². The van der Waals surface area contributed by atoms with Gasteiger partial charge in [-0.05, 0) is 48.9 Å². The molecule has 0 fully saturated rings. The van der Waals surface area contributed by atoms with Gasteiger partial charge in [-0.3, -0.25) is 4.57 Å². The summed E-state index contributed by atoms with van der Waals surface area (Å²) in [6.07, 6.45) is 2.80. The number of nitrogens with zero attached hydrogens (tertiary/aromatic N) is 2. The molecule has 1 heterocycles. The van der Waals surface area contributed by atoms with Crippen LogP contribution in [0.5, 0.6) is 0 Å². The maximum atomic E-state index is 13.9. The molecule has 3 nitrogen and oxygen atoms in total. The van der Waals surface area contributed by atoms with Crippen molar-refractivity contribution in [1.29, 1.82) is 0 Å². The first-order valence-electron chi connectivity index (χ1n) is 7.20. The molecule has 2 aromatic carbocycles. The molecule has 3 aromatic rings. The molecule has 3 rings (SSSR count). The summed E-state index contributed by atoms with van der Waals surface area (Å²) in [4.78, 5) is 4.35. The van der Waals surface area contributed by atoms with Gasteiger partial charge in [0.15, 0.2) is 0 Å². The lowest BCUT2D eigenvalue weighted by Crippen LogP contribution is -2.14. The summed E-state index contributed by atoms with van der Waals surface area (Å²) in [7, 11) is 0. The van der Waals surface area contributed by atoms with E-state index in [9.17, 15) is 4.39 Å². The topological polar surface area (TPSA) is 29.9 Å². The van der Waals surface area contributed by atoms with Gasteiger partial charge in [-0.1, -0.05) is 19.1 Å². The molecule has 108 valence electrons. The molecule has 1 aromatic heterocycles. The maximum Gasteiger partial charge on any atom is 0.125 e. The minimum atomic E-state index is -0.224. The monoisotopic (exact) mass is 283 g/mol. The highest BCUT2D eigenvalue weighted by atomic mass is 19.1. The lowest BCUT2D eigenvalue weighted by molar-refractivity contribution is 0.618. The molecule has 0 bridgehead atoms. The van der Waals surface area contributed by atoms with Crippen molar-refractivity contribution in [3.63, 3.8) is 0 Å². The molecule has 21 heavy (non-hydrogen) atoms. The van der Waals surface area contributed by atoms with Crippen LogP contribution in [0.25, 0.3) is 16.7 Å². The second-order valence-corrected chi connectivity index (χ2v) is 5.10. The van der Waals surface area contributed by atoms with Crippen molar-refractivity contribution in [2.75, 3.05) is 6.54 Å². The van der Waals surface area contributed by atoms with E-state index in [1.54, 1.807) is 12.4 Å². The molecule has 0 saturated heterocycles. The van der Waals surface area contributed by atoms with Crippen molar-refractivity contribution in [1.82, 2.24) is 14.9 Å². The zero-order chi connectivity index (χ0) is 14.7. The first kappa shape index (κ1) is 13.8. The molecule has 0 radical (unpaired) electrons. The number of rotatable bonds is 5. The lowest BCUT2D eigenvalue weighted by Gasteiger charge is -2.09. The van der Waals surface area contributed by atoms with Gasteiger partial charge in [-0.2, -0.15) is 0 Å². The third-order valence-electron chi connectivity index (χ3n) is 3.43. The number of para-hydroxylation sites is 2. The number of hydrogen-bond donors (Lipinski definition) is 1. The fourth-order valence-electron chi connectivity index (χ4n) is 2.45. The van der Waals surface area contributed by atoms with E-state index in [0.717, 1.165) is 35.2 Å². The number of hydrogen-bond acceptors (Lipinski definition) is 2. The largest absolute Gasteiger partial charge is 0.313 e. The van der Waals surface area contributed by atoms with Gasteiger partial charge in [0.2, 0.25) is 0 Å². The first-order valence-corrected chi connectivity index (χ1v) is 7.20. The molecule has 0 saturated carbocycles. The van der Waals surface area contributed by atoms with E-state index in [1.165, 1.54) is 6.07 Å². The average Bonchev–Trinajstić information content (AvgIpc) is 2.91. The number of halogens is 1. The van der Waals surface area contributed by atoms with E-state index in [-0.39, 0.29) is 5.82 Å². The summed E-state index contributed by atoms with van der Waals surface area (Å²) in [5, 5.41) is 3.30. The van der Waals surface area contributed by atoms with Crippen LogP contribution in [0.3, 0.4) is 0 Å². The van der Waals surface area contributed by atoms with E-state index in [4.69, 9.17) is 0 Å². The van der Waals surface area contributed by atoms with Crippen molar-refractivity contribution >= 4 is 11.0 Å². The van der Waals surface area contributed by atoms with Gasteiger partial charge < -0.3 is 5.32 Å². The highest BCUT2D eigenvalue weighted by molar-refractivity contribution is 5.77. The molecule has 0 unspecified atom stereocenters. The second kappa shape index (κ2) is 6.06. The Morgan fingerprint density at radius 3 is 2.90 bits per heavy atom. The summed E-state index contributed by atoms with van der Waals surface area (Å²) in [5.74, 6) is -0.224. The Hall–Kier alpha value is -2.20. The molecule has 0 spiro atoms. The Morgan fingerprint density at radius 1 is 1.19 bits per heavy atom. The first-order chi connectivity index (χ1) is 10.3. The van der Waals surface area contributed by atoms with E-state index in [2.05, 4.69) is 17.2 Å². The standard InChI is InChI=1S/C17H18FN3/c1-2-7-19-11-13-8-14(18)10-15(9-13)21-12-20-16-5-3-4-6-17(16)21/h3-6,8-10,12,19H,2,7,11H2,1H3. The van der Waals surface area contributed by atoms with Crippen molar-refractivity contribution in [2.24, 2.45) is 0 Å². The minimum absolute atomic E-state index is 0.224. The number of nitrogens with one attached hydrogen (secondary N) is 1. The van der Waals surface area contributed by atoms with Crippen LogP contribution in [-0.2, 0) is 6.54 Å². The quantitative estimate of drug-likeness (QED) is 0.724. The summed E-state index contributed by atoms with van der Waals surface area (Å²) >= 11 is 0. The Bertz CT molecular complexity index is 749. The van der Waals surface area contributed by atoms with Crippen LogP contribution >= 0.6 is 0 Å². The van der Waals surface area contributed by atoms with E-state index in [0.29, 0.717) is 6.54 Å². The van der Waals surface area contributed by atoms with Crippen molar-refractivity contribution in [2.45, 2.75) is 19.9 Å². The number of fused-ring (bicyclic) bond motifs is 1. The van der Waals surface area contributed by atoms with Gasteiger partial charge in [-0.15, -0.1) is 0 Å². The van der Waals surface area contributed by atoms with Crippen LogP contribution in [0.1, 0.15) is 18.9 Å². The van der Waals surface area contributed by atoms with Gasteiger partial charge in [0.1, 0.15) is 12.1 Å². The highest BCUT2D eigenvalue weighted by Crippen LogP contribution is 2.20. The molecule has 0 amide bonds. The van der Waals surface area contributed by atoms with Crippen LogP contribution in [0.4, 0.5) is 4.39 Å². The molecule has 0 atom stereocenters. The van der Waals surface area contributed by atoms with Gasteiger partial charge >= 0.3 is 0 Å². The summed E-state index contributed by atoms with van der Waals surface area (Å²) in [6, 6.07) is 13.0. The third-order valence-corrected chi connectivity index (χ3v) is 3.43. The number of aromatic nitrogens is 2. The summed E-state index contributed by atoms with van der Waals surface area (Å²) in [5.41, 5.74) is 3.64. The maximum absolute atomic E-state index is 13.9. The van der Waals surface area contributed by atoms with E-state index >= 15 is 0 Å². The average molecular weight is 283 g/mol. The Labute approximate surface area is 123 Å². The second-order valence-electron chi connectivity index (χ2n) is 5.10. The van der Waals surface area contributed by atoms with Crippen LogP contribution in [0.2, 0.25) is 0 Å². The van der Waals surface area contributed by atoms with Gasteiger partial charge in [0.05, 0.1) is 16.7 Å². The molecule has 1 N–H and O–H groups in total. The Morgan fingerprint density at radius 2 is 2.05 bits per heavy atom. The third kappa shape index (κ3) is 2.95. The zero-order valence-corrected chi connectivity index (χ0v) is 12.0.